The van der Waals surface area contributed by atoms with Gasteiger partial charge >= 0.3 is 0 Å². The highest BCUT2D eigenvalue weighted by Crippen LogP contribution is 2.67. The highest BCUT2D eigenvalue weighted by molar-refractivity contribution is 5.09. The molecule has 4 atom stereocenters. The molecular formula is C14H26O. The van der Waals surface area contributed by atoms with E-state index in [4.69, 9.17) is 0 Å². The summed E-state index contributed by atoms with van der Waals surface area (Å²) in [5, 5.41) is 10.4. The number of hydrogen-bond donors (Lipinski definition) is 1. The van der Waals surface area contributed by atoms with E-state index in [1.165, 1.54) is 19.3 Å². The van der Waals surface area contributed by atoms with Crippen molar-refractivity contribution in [3.63, 3.8) is 0 Å². The summed E-state index contributed by atoms with van der Waals surface area (Å²) in [6.07, 6.45) is 6.10. The van der Waals surface area contributed by atoms with Crippen molar-refractivity contribution in [2.45, 2.75) is 65.9 Å². The fourth-order valence-electron chi connectivity index (χ4n) is 4.76. The van der Waals surface area contributed by atoms with Crippen LogP contribution in [0.5, 0.6) is 0 Å². The number of hydrogen-bond acceptors (Lipinski definition) is 1. The standard InChI is InChI=1S/C14H26O/c1-5-6-11(15)12-13(2,3)10-7-8-14(12,4)9-10/h10-12,15H,5-9H2,1-4H3. The van der Waals surface area contributed by atoms with Gasteiger partial charge in [-0.05, 0) is 48.3 Å². The summed E-state index contributed by atoms with van der Waals surface area (Å²) in [7, 11) is 0. The maximum Gasteiger partial charge on any atom is 0.0578 e. The summed E-state index contributed by atoms with van der Waals surface area (Å²) >= 11 is 0. The Hall–Kier alpha value is -0.0400. The van der Waals surface area contributed by atoms with E-state index in [1.54, 1.807) is 0 Å². The molecular weight excluding hydrogens is 184 g/mol. The van der Waals surface area contributed by atoms with Crippen LogP contribution in [0.25, 0.3) is 0 Å². The van der Waals surface area contributed by atoms with E-state index in [0.717, 1.165) is 18.8 Å². The average Bonchev–Trinajstić information content (AvgIpc) is 2.55. The van der Waals surface area contributed by atoms with Crippen LogP contribution in [0.15, 0.2) is 0 Å². The first-order valence-corrected chi connectivity index (χ1v) is 6.60. The van der Waals surface area contributed by atoms with Crippen molar-refractivity contribution in [3.8, 4) is 0 Å². The zero-order valence-electron chi connectivity index (χ0n) is 10.7. The van der Waals surface area contributed by atoms with Crippen molar-refractivity contribution in [3.05, 3.63) is 0 Å². The van der Waals surface area contributed by atoms with Gasteiger partial charge in [-0.25, -0.2) is 0 Å². The van der Waals surface area contributed by atoms with E-state index < -0.39 is 0 Å². The normalized spacial score (nSPS) is 44.6. The molecule has 88 valence electrons. The Balaban J connectivity index is 2.22. The van der Waals surface area contributed by atoms with Gasteiger partial charge in [0.15, 0.2) is 0 Å². The number of aliphatic hydroxyl groups is 1. The highest BCUT2D eigenvalue weighted by atomic mass is 16.3. The maximum absolute atomic E-state index is 10.4. The molecule has 2 aliphatic carbocycles. The summed E-state index contributed by atoms with van der Waals surface area (Å²) in [5.41, 5.74) is 0.796. The molecule has 1 heteroatoms. The largest absolute Gasteiger partial charge is 0.393 e. The molecule has 1 nitrogen and oxygen atoms in total. The van der Waals surface area contributed by atoms with Gasteiger partial charge in [0.25, 0.3) is 0 Å². The summed E-state index contributed by atoms with van der Waals surface area (Å²) in [5.74, 6) is 1.39. The number of rotatable bonds is 3. The van der Waals surface area contributed by atoms with Crippen LogP contribution in [0, 0.1) is 22.7 Å². The van der Waals surface area contributed by atoms with Crippen molar-refractivity contribution in [1.29, 1.82) is 0 Å². The fraction of sp³-hybridized carbons (Fsp3) is 1.00. The molecule has 0 saturated heterocycles. The fourth-order valence-corrected chi connectivity index (χ4v) is 4.76. The van der Waals surface area contributed by atoms with Gasteiger partial charge in [-0.3, -0.25) is 0 Å². The third-order valence-electron chi connectivity index (χ3n) is 5.35. The summed E-state index contributed by atoms with van der Waals surface area (Å²) in [6.45, 7) is 9.34. The molecule has 0 radical (unpaired) electrons. The summed E-state index contributed by atoms with van der Waals surface area (Å²) in [4.78, 5) is 0. The Kier molecular flexibility index (Phi) is 2.65. The molecule has 0 aromatic carbocycles. The van der Waals surface area contributed by atoms with Crippen LogP contribution in [0.2, 0.25) is 0 Å². The second-order valence-corrected chi connectivity index (χ2v) is 6.75. The molecule has 2 aliphatic rings. The second kappa shape index (κ2) is 3.48. The molecule has 15 heavy (non-hydrogen) atoms. The van der Waals surface area contributed by atoms with E-state index in [1.807, 2.05) is 0 Å². The maximum atomic E-state index is 10.4. The number of aliphatic hydroxyl groups excluding tert-OH is 1. The third-order valence-corrected chi connectivity index (χ3v) is 5.35. The zero-order valence-corrected chi connectivity index (χ0v) is 10.7. The van der Waals surface area contributed by atoms with Gasteiger partial charge in [0.1, 0.15) is 0 Å². The van der Waals surface area contributed by atoms with Crippen LogP contribution in [0.1, 0.15) is 59.8 Å². The van der Waals surface area contributed by atoms with Gasteiger partial charge in [-0.15, -0.1) is 0 Å². The lowest BCUT2D eigenvalue weighted by atomic mass is 9.61. The summed E-state index contributed by atoms with van der Waals surface area (Å²) in [6, 6.07) is 0. The average molecular weight is 210 g/mol. The Bertz CT molecular complexity index is 241. The van der Waals surface area contributed by atoms with Gasteiger partial charge in [0.2, 0.25) is 0 Å². The smallest absolute Gasteiger partial charge is 0.0578 e. The van der Waals surface area contributed by atoms with Crippen molar-refractivity contribution < 1.29 is 5.11 Å². The van der Waals surface area contributed by atoms with Gasteiger partial charge < -0.3 is 5.11 Å². The quantitative estimate of drug-likeness (QED) is 0.754. The molecule has 1 N–H and O–H groups in total. The van der Waals surface area contributed by atoms with Crippen LogP contribution in [-0.4, -0.2) is 11.2 Å². The van der Waals surface area contributed by atoms with Crippen molar-refractivity contribution in [2.24, 2.45) is 22.7 Å². The van der Waals surface area contributed by atoms with Crippen LogP contribution in [-0.2, 0) is 0 Å². The molecule has 0 spiro atoms. The second-order valence-electron chi connectivity index (χ2n) is 6.75. The van der Waals surface area contributed by atoms with E-state index in [9.17, 15) is 5.11 Å². The first-order valence-electron chi connectivity index (χ1n) is 6.60. The predicted octanol–water partition coefficient (Wildman–Crippen LogP) is 3.61. The molecule has 0 aromatic heterocycles. The Labute approximate surface area is 94.3 Å². The minimum absolute atomic E-state index is 0.0692. The Morgan fingerprint density at radius 3 is 2.47 bits per heavy atom. The van der Waals surface area contributed by atoms with Gasteiger partial charge in [-0.2, -0.15) is 0 Å². The molecule has 0 heterocycles. The Morgan fingerprint density at radius 2 is 2.00 bits per heavy atom. The zero-order chi connectivity index (χ0) is 11.3. The SMILES string of the molecule is CCCC(O)C1C2(C)CCC(C2)C1(C)C. The minimum Gasteiger partial charge on any atom is -0.393 e. The molecule has 4 unspecified atom stereocenters. The predicted molar refractivity (Wildman–Crippen MR) is 63.6 cm³/mol. The van der Waals surface area contributed by atoms with Crippen LogP contribution >= 0.6 is 0 Å². The van der Waals surface area contributed by atoms with Crippen LogP contribution < -0.4 is 0 Å². The molecule has 0 aromatic rings. The van der Waals surface area contributed by atoms with Gasteiger partial charge in [-0.1, -0.05) is 34.1 Å². The van der Waals surface area contributed by atoms with E-state index >= 15 is 0 Å². The van der Waals surface area contributed by atoms with Crippen LogP contribution in [0.4, 0.5) is 0 Å². The molecule has 0 amide bonds. The third kappa shape index (κ3) is 1.54. The van der Waals surface area contributed by atoms with Crippen molar-refractivity contribution in [2.75, 3.05) is 0 Å². The molecule has 2 bridgehead atoms. The first kappa shape index (κ1) is 11.4. The van der Waals surface area contributed by atoms with Gasteiger partial charge in [0, 0.05) is 0 Å². The lowest BCUT2D eigenvalue weighted by molar-refractivity contribution is -0.0387. The van der Waals surface area contributed by atoms with Crippen molar-refractivity contribution in [1.82, 2.24) is 0 Å². The van der Waals surface area contributed by atoms with E-state index in [0.29, 0.717) is 16.7 Å². The molecule has 2 rings (SSSR count). The van der Waals surface area contributed by atoms with E-state index in [-0.39, 0.29) is 6.10 Å². The lowest BCUT2D eigenvalue weighted by Crippen LogP contribution is -2.42. The number of fused-ring (bicyclic) bond motifs is 2. The van der Waals surface area contributed by atoms with Crippen LogP contribution in [0.3, 0.4) is 0 Å². The molecule has 0 aliphatic heterocycles. The summed E-state index contributed by atoms with van der Waals surface area (Å²) < 4.78 is 0. The van der Waals surface area contributed by atoms with Crippen molar-refractivity contribution >= 4 is 0 Å². The Morgan fingerprint density at radius 1 is 1.33 bits per heavy atom. The van der Waals surface area contributed by atoms with Gasteiger partial charge in [0.05, 0.1) is 6.10 Å². The van der Waals surface area contributed by atoms with E-state index in [2.05, 4.69) is 27.7 Å². The topological polar surface area (TPSA) is 20.2 Å². The highest BCUT2D eigenvalue weighted by Gasteiger charge is 2.60. The first-order chi connectivity index (χ1) is 6.92. The minimum atomic E-state index is -0.0692. The molecule has 2 saturated carbocycles. The lowest BCUT2D eigenvalue weighted by Gasteiger charge is -2.45. The monoisotopic (exact) mass is 210 g/mol. The molecule has 2 fully saturated rings.